The molecular formula is C25H40O4. The third-order valence-corrected chi connectivity index (χ3v) is 6.73. The number of unbranched alkanes of at least 4 members (excludes halogenated alkanes) is 1. The first-order valence-corrected chi connectivity index (χ1v) is 11.5. The number of rotatable bonds is 13. The quantitative estimate of drug-likeness (QED) is 0.305. The third-order valence-electron chi connectivity index (χ3n) is 6.73. The van der Waals surface area contributed by atoms with Gasteiger partial charge in [0.25, 0.3) is 0 Å². The fourth-order valence-electron chi connectivity index (χ4n) is 5.15. The van der Waals surface area contributed by atoms with Gasteiger partial charge in [-0.15, -0.1) is 0 Å². The molecule has 2 N–H and O–H groups in total. The number of carbonyl (C=O) groups excluding carboxylic acids is 1. The first kappa shape index (κ1) is 23.9. The number of hydrogen-bond acceptors (Lipinski definition) is 3. The fraction of sp³-hybridized carbons (Fsp3) is 0.760. The van der Waals surface area contributed by atoms with E-state index in [0.717, 1.165) is 38.5 Å². The fourth-order valence-corrected chi connectivity index (χ4v) is 5.15. The molecule has 5 atom stereocenters. The molecule has 0 aromatic rings. The van der Waals surface area contributed by atoms with Crippen molar-refractivity contribution in [1.82, 2.24) is 0 Å². The van der Waals surface area contributed by atoms with Crippen molar-refractivity contribution in [3.8, 4) is 0 Å². The zero-order chi connectivity index (χ0) is 21.4. The SMILES string of the molecule is CC(C)=CCCC(C)CCCC(=O)[C@H]1[C@@H]2CC(CCCCC(=O)O)=C[C@@H]2C[C@@H]1O. The Balaban J connectivity index is 1.73. The van der Waals surface area contributed by atoms with Crippen molar-refractivity contribution in [2.24, 2.45) is 23.7 Å². The lowest BCUT2D eigenvalue weighted by atomic mass is 9.84. The number of carboxylic acids is 1. The Morgan fingerprint density at radius 1 is 1.17 bits per heavy atom. The minimum absolute atomic E-state index is 0.200. The molecule has 0 aromatic carbocycles. The van der Waals surface area contributed by atoms with E-state index in [4.69, 9.17) is 5.11 Å². The summed E-state index contributed by atoms with van der Waals surface area (Å²) in [6, 6.07) is 0. The topological polar surface area (TPSA) is 74.6 Å². The Labute approximate surface area is 176 Å². The molecule has 0 saturated heterocycles. The van der Waals surface area contributed by atoms with Gasteiger partial charge in [-0.3, -0.25) is 9.59 Å². The minimum atomic E-state index is -0.734. The van der Waals surface area contributed by atoms with Crippen LogP contribution in [0.15, 0.2) is 23.3 Å². The first-order chi connectivity index (χ1) is 13.8. The van der Waals surface area contributed by atoms with Crippen molar-refractivity contribution in [1.29, 1.82) is 0 Å². The van der Waals surface area contributed by atoms with Gasteiger partial charge >= 0.3 is 5.97 Å². The monoisotopic (exact) mass is 404 g/mol. The molecule has 2 aliphatic rings. The molecule has 0 aromatic heterocycles. The molecule has 0 bridgehead atoms. The van der Waals surface area contributed by atoms with Gasteiger partial charge in [0.1, 0.15) is 5.78 Å². The normalized spacial score (nSPS) is 26.7. The molecule has 0 amide bonds. The van der Waals surface area contributed by atoms with Crippen LogP contribution in [0.4, 0.5) is 0 Å². The summed E-state index contributed by atoms with van der Waals surface area (Å²) < 4.78 is 0. The highest BCUT2D eigenvalue weighted by molar-refractivity contribution is 5.82. The minimum Gasteiger partial charge on any atom is -0.481 e. The number of allylic oxidation sites excluding steroid dienone is 4. The van der Waals surface area contributed by atoms with Gasteiger partial charge < -0.3 is 10.2 Å². The lowest BCUT2D eigenvalue weighted by molar-refractivity contribution is -0.137. The number of fused-ring (bicyclic) bond motifs is 1. The predicted molar refractivity (Wildman–Crippen MR) is 117 cm³/mol. The predicted octanol–water partition coefficient (Wildman–Crippen LogP) is 5.70. The number of carboxylic acid groups (broad SMARTS) is 1. The highest BCUT2D eigenvalue weighted by atomic mass is 16.4. The van der Waals surface area contributed by atoms with E-state index in [-0.39, 0.29) is 24.0 Å². The zero-order valence-corrected chi connectivity index (χ0v) is 18.5. The number of hydrogen-bond donors (Lipinski definition) is 2. The van der Waals surface area contributed by atoms with E-state index in [1.807, 2.05) is 0 Å². The van der Waals surface area contributed by atoms with Crippen molar-refractivity contribution < 1.29 is 19.8 Å². The summed E-state index contributed by atoms with van der Waals surface area (Å²) in [6.07, 6.45) is 13.3. The van der Waals surface area contributed by atoms with Gasteiger partial charge in [-0.2, -0.15) is 0 Å². The van der Waals surface area contributed by atoms with E-state index in [1.165, 1.54) is 17.6 Å². The van der Waals surface area contributed by atoms with Gasteiger partial charge in [0.2, 0.25) is 0 Å². The molecule has 0 spiro atoms. The van der Waals surface area contributed by atoms with Crippen LogP contribution in [0, 0.1) is 23.7 Å². The summed E-state index contributed by atoms with van der Waals surface area (Å²) >= 11 is 0. The van der Waals surface area contributed by atoms with E-state index < -0.39 is 12.1 Å². The maximum Gasteiger partial charge on any atom is 0.303 e. The summed E-state index contributed by atoms with van der Waals surface area (Å²) in [5.41, 5.74) is 2.73. The molecule has 4 heteroatoms. The Kier molecular flexibility index (Phi) is 9.61. The second kappa shape index (κ2) is 11.7. The van der Waals surface area contributed by atoms with Gasteiger partial charge in [0.15, 0.2) is 0 Å². The number of Topliss-reactive ketones (excluding diaryl/α,β-unsaturated/α-hetero) is 1. The number of aliphatic hydroxyl groups excluding tert-OH is 1. The molecule has 1 saturated carbocycles. The molecule has 2 aliphatic carbocycles. The summed E-state index contributed by atoms with van der Waals surface area (Å²) in [4.78, 5) is 23.5. The van der Waals surface area contributed by atoms with Crippen LogP contribution in [0.2, 0.25) is 0 Å². The van der Waals surface area contributed by atoms with Crippen LogP contribution in [0.3, 0.4) is 0 Å². The maximum atomic E-state index is 12.9. The Morgan fingerprint density at radius 2 is 1.93 bits per heavy atom. The Hall–Kier alpha value is -1.42. The van der Waals surface area contributed by atoms with Crippen LogP contribution < -0.4 is 0 Å². The molecule has 0 radical (unpaired) electrons. The van der Waals surface area contributed by atoms with E-state index in [2.05, 4.69) is 32.9 Å². The molecular weight excluding hydrogens is 364 g/mol. The largest absolute Gasteiger partial charge is 0.481 e. The van der Waals surface area contributed by atoms with Gasteiger partial charge in [-0.1, -0.05) is 36.6 Å². The molecule has 164 valence electrons. The van der Waals surface area contributed by atoms with Crippen molar-refractivity contribution in [3.05, 3.63) is 23.3 Å². The van der Waals surface area contributed by atoms with Crippen molar-refractivity contribution in [2.75, 3.05) is 0 Å². The van der Waals surface area contributed by atoms with Crippen LogP contribution in [-0.2, 0) is 9.59 Å². The molecule has 0 heterocycles. The van der Waals surface area contributed by atoms with E-state index in [9.17, 15) is 14.7 Å². The van der Waals surface area contributed by atoms with Crippen LogP contribution >= 0.6 is 0 Å². The van der Waals surface area contributed by atoms with Crippen molar-refractivity contribution >= 4 is 11.8 Å². The molecule has 1 unspecified atom stereocenters. The number of aliphatic carboxylic acids is 1. The Morgan fingerprint density at radius 3 is 2.62 bits per heavy atom. The van der Waals surface area contributed by atoms with E-state index >= 15 is 0 Å². The van der Waals surface area contributed by atoms with Crippen LogP contribution in [0.5, 0.6) is 0 Å². The summed E-state index contributed by atoms with van der Waals surface area (Å²) in [5.74, 6) is 0.543. The Bertz CT molecular complexity index is 614. The smallest absolute Gasteiger partial charge is 0.303 e. The number of ketones is 1. The highest BCUT2D eigenvalue weighted by Gasteiger charge is 2.47. The zero-order valence-electron chi connectivity index (χ0n) is 18.5. The van der Waals surface area contributed by atoms with Crippen molar-refractivity contribution in [2.45, 2.75) is 97.5 Å². The van der Waals surface area contributed by atoms with Gasteiger partial charge in [-0.25, -0.2) is 0 Å². The molecule has 0 aliphatic heterocycles. The molecule has 2 rings (SSSR count). The van der Waals surface area contributed by atoms with E-state index in [1.54, 1.807) is 0 Å². The van der Waals surface area contributed by atoms with E-state index in [0.29, 0.717) is 31.1 Å². The summed E-state index contributed by atoms with van der Waals surface area (Å²) in [6.45, 7) is 6.52. The van der Waals surface area contributed by atoms with Crippen LogP contribution in [0.1, 0.15) is 91.4 Å². The highest BCUT2D eigenvalue weighted by Crippen LogP contribution is 2.48. The summed E-state index contributed by atoms with van der Waals surface area (Å²) in [7, 11) is 0. The molecule has 1 fully saturated rings. The van der Waals surface area contributed by atoms with Gasteiger partial charge in [0, 0.05) is 18.8 Å². The number of aliphatic hydroxyl groups is 1. The average molecular weight is 405 g/mol. The van der Waals surface area contributed by atoms with Gasteiger partial charge in [0.05, 0.1) is 6.10 Å². The van der Waals surface area contributed by atoms with Crippen molar-refractivity contribution in [3.63, 3.8) is 0 Å². The standard InChI is InChI=1S/C25H40O4/c1-17(2)8-6-9-18(3)10-7-12-22(26)25-21-15-19(11-4-5-13-24(28)29)14-20(21)16-23(25)27/h8,14,18,20-21,23,25,27H,4-7,9-13,15-16H2,1-3H3,(H,28,29)/t18?,20-,21-,23+,25-/m1/s1. The second-order valence-electron chi connectivity index (χ2n) is 9.61. The van der Waals surface area contributed by atoms with Crippen LogP contribution in [-0.4, -0.2) is 28.1 Å². The molecule has 29 heavy (non-hydrogen) atoms. The third kappa shape index (κ3) is 7.73. The summed E-state index contributed by atoms with van der Waals surface area (Å²) in [5, 5.41) is 19.2. The number of carbonyl (C=O) groups is 2. The maximum absolute atomic E-state index is 12.9. The lowest BCUT2D eigenvalue weighted by Crippen LogP contribution is -2.28. The average Bonchev–Trinajstić information content (AvgIpc) is 3.13. The second-order valence-corrected chi connectivity index (χ2v) is 9.61. The van der Waals surface area contributed by atoms with Gasteiger partial charge in [-0.05, 0) is 83.0 Å². The molecule has 4 nitrogen and oxygen atoms in total. The lowest BCUT2D eigenvalue weighted by Gasteiger charge is -2.21. The van der Waals surface area contributed by atoms with Crippen LogP contribution in [0.25, 0.3) is 0 Å². The first-order valence-electron chi connectivity index (χ1n) is 11.5.